The minimum atomic E-state index is -0.818. The zero-order valence-corrected chi connectivity index (χ0v) is 11.2. The van der Waals surface area contributed by atoms with E-state index < -0.39 is 16.9 Å². The Bertz CT molecular complexity index is 838. The Morgan fingerprint density at radius 1 is 0.909 bits per heavy atom. The Labute approximate surface area is 124 Å². The topological polar surface area (TPSA) is 86.5 Å². The normalized spacial score (nSPS) is 15.4. The number of carbonyl (C=O) groups excluding carboxylic acids is 2. The van der Waals surface area contributed by atoms with Crippen LogP contribution in [0.15, 0.2) is 48.5 Å². The average Bonchev–Trinajstić information content (AvgIpc) is 2.51. The number of benzene rings is 2. The second kappa shape index (κ2) is 5.25. The summed E-state index contributed by atoms with van der Waals surface area (Å²) in [6.07, 6.45) is 1.37. The van der Waals surface area contributed by atoms with Gasteiger partial charge in [0.05, 0.1) is 21.6 Å². The lowest BCUT2D eigenvalue weighted by molar-refractivity contribution is -0.385. The summed E-state index contributed by atoms with van der Waals surface area (Å²) < 4.78 is 4.68. The summed E-state index contributed by atoms with van der Waals surface area (Å²) in [6.45, 7) is 0. The Morgan fingerprint density at radius 3 is 2.27 bits per heavy atom. The maximum absolute atomic E-state index is 12.0. The van der Waals surface area contributed by atoms with Crippen LogP contribution in [-0.4, -0.2) is 16.9 Å². The number of nitro groups is 1. The molecule has 0 bridgehead atoms. The summed E-state index contributed by atoms with van der Waals surface area (Å²) in [5, 5.41) is 11.0. The number of hydrogen-bond donors (Lipinski definition) is 0. The smallest absolute Gasteiger partial charge is 0.346 e. The van der Waals surface area contributed by atoms with Crippen molar-refractivity contribution in [1.82, 2.24) is 0 Å². The van der Waals surface area contributed by atoms with Gasteiger partial charge in [0.2, 0.25) is 0 Å². The first-order chi connectivity index (χ1) is 10.6. The van der Waals surface area contributed by atoms with Crippen LogP contribution in [0.2, 0.25) is 0 Å². The first kappa shape index (κ1) is 13.7. The predicted molar refractivity (Wildman–Crippen MR) is 77.8 cm³/mol. The maximum atomic E-state index is 12.0. The minimum Gasteiger partial charge on any atom is -0.386 e. The van der Waals surface area contributed by atoms with Crippen molar-refractivity contribution in [3.63, 3.8) is 0 Å². The van der Waals surface area contributed by atoms with E-state index in [9.17, 15) is 19.7 Å². The quantitative estimate of drug-likeness (QED) is 0.279. The molecule has 1 heterocycles. The molecule has 0 unspecified atom stereocenters. The van der Waals surface area contributed by atoms with Crippen LogP contribution >= 0.6 is 0 Å². The highest BCUT2D eigenvalue weighted by Gasteiger charge is 2.29. The number of rotatable bonds is 2. The first-order valence-electron chi connectivity index (χ1n) is 6.39. The molecule has 0 amide bonds. The molecule has 3 rings (SSSR count). The van der Waals surface area contributed by atoms with E-state index in [1.165, 1.54) is 30.3 Å². The summed E-state index contributed by atoms with van der Waals surface area (Å²) >= 11 is 0. The van der Waals surface area contributed by atoms with E-state index in [1.807, 2.05) is 0 Å². The molecule has 22 heavy (non-hydrogen) atoms. The summed E-state index contributed by atoms with van der Waals surface area (Å²) in [7, 11) is 0. The molecule has 0 radical (unpaired) electrons. The zero-order valence-electron chi connectivity index (χ0n) is 11.2. The third-order valence-corrected chi connectivity index (χ3v) is 3.28. The molecule has 2 aromatic carbocycles. The minimum absolute atomic E-state index is 0.115. The van der Waals surface area contributed by atoms with Crippen LogP contribution in [0.5, 0.6) is 0 Å². The second-order valence-electron chi connectivity index (χ2n) is 4.60. The molecule has 0 aromatic heterocycles. The number of ether oxygens (including phenoxy) is 1. The summed E-state index contributed by atoms with van der Waals surface area (Å²) in [5.74, 6) is -1.54. The molecular formula is C16H9NO5. The van der Waals surface area contributed by atoms with E-state index in [4.69, 9.17) is 0 Å². The first-order valence-corrected chi connectivity index (χ1v) is 6.39. The molecule has 6 heteroatoms. The number of nitro benzene ring substituents is 1. The van der Waals surface area contributed by atoms with Gasteiger partial charge < -0.3 is 4.74 Å². The van der Waals surface area contributed by atoms with Gasteiger partial charge in [-0.05, 0) is 18.2 Å². The molecule has 0 aliphatic carbocycles. The van der Waals surface area contributed by atoms with Crippen LogP contribution in [0.25, 0.3) is 11.6 Å². The Hall–Kier alpha value is -3.28. The van der Waals surface area contributed by atoms with E-state index in [2.05, 4.69) is 4.74 Å². The molecule has 2 aromatic rings. The van der Waals surface area contributed by atoms with Crippen LogP contribution < -0.4 is 0 Å². The standard InChI is InChI=1S/C16H9NO5/c18-15-12-7-3-2-6-11(12)13(16(19)22-15)9-10-5-1-4-8-14(10)17(20)21/h1-9H/b13-9-. The second-order valence-corrected chi connectivity index (χ2v) is 4.60. The molecule has 108 valence electrons. The predicted octanol–water partition coefficient (Wildman–Crippen LogP) is 2.83. The van der Waals surface area contributed by atoms with E-state index in [0.717, 1.165) is 0 Å². The van der Waals surface area contributed by atoms with Gasteiger partial charge in [-0.1, -0.05) is 30.3 Å². The largest absolute Gasteiger partial charge is 0.386 e. The zero-order chi connectivity index (χ0) is 15.7. The molecule has 1 aliphatic rings. The van der Waals surface area contributed by atoms with Crippen molar-refractivity contribution >= 4 is 29.3 Å². The number of hydrogen-bond acceptors (Lipinski definition) is 5. The van der Waals surface area contributed by atoms with Gasteiger partial charge in [0, 0.05) is 11.6 Å². The van der Waals surface area contributed by atoms with Crippen molar-refractivity contribution in [2.45, 2.75) is 0 Å². The Kier molecular flexibility index (Phi) is 3.27. The van der Waals surface area contributed by atoms with Crippen molar-refractivity contribution < 1.29 is 19.2 Å². The van der Waals surface area contributed by atoms with Gasteiger partial charge in [0.25, 0.3) is 5.69 Å². The van der Waals surface area contributed by atoms with Crippen LogP contribution in [-0.2, 0) is 9.53 Å². The van der Waals surface area contributed by atoms with Gasteiger partial charge in [0.1, 0.15) is 0 Å². The van der Waals surface area contributed by atoms with Crippen molar-refractivity contribution in [2.75, 3.05) is 0 Å². The number of cyclic esters (lactones) is 2. The lowest BCUT2D eigenvalue weighted by atomic mass is 9.95. The van der Waals surface area contributed by atoms with Gasteiger partial charge >= 0.3 is 11.9 Å². The molecule has 0 saturated heterocycles. The molecule has 0 fully saturated rings. The lowest BCUT2D eigenvalue weighted by Crippen LogP contribution is -2.21. The van der Waals surface area contributed by atoms with Crippen molar-refractivity contribution in [2.24, 2.45) is 0 Å². The van der Waals surface area contributed by atoms with Crippen molar-refractivity contribution in [1.29, 1.82) is 0 Å². The van der Waals surface area contributed by atoms with Crippen molar-refractivity contribution in [3.05, 3.63) is 75.3 Å². The Morgan fingerprint density at radius 2 is 1.55 bits per heavy atom. The highest BCUT2D eigenvalue weighted by molar-refractivity contribution is 6.29. The molecule has 0 saturated carbocycles. The van der Waals surface area contributed by atoms with Crippen molar-refractivity contribution in [3.8, 4) is 0 Å². The van der Waals surface area contributed by atoms with Crippen LogP contribution in [0.3, 0.4) is 0 Å². The highest BCUT2D eigenvalue weighted by atomic mass is 16.6. The number of para-hydroxylation sites is 1. The summed E-state index contributed by atoms with van der Waals surface area (Å²) in [5.41, 5.74) is 0.916. The van der Waals surface area contributed by atoms with E-state index >= 15 is 0 Å². The summed E-state index contributed by atoms with van der Waals surface area (Å²) in [4.78, 5) is 34.2. The van der Waals surface area contributed by atoms with Gasteiger partial charge in [-0.2, -0.15) is 0 Å². The van der Waals surface area contributed by atoms with E-state index in [0.29, 0.717) is 5.56 Å². The lowest BCUT2D eigenvalue weighted by Gasteiger charge is -2.16. The number of carbonyl (C=O) groups is 2. The number of fused-ring (bicyclic) bond motifs is 1. The van der Waals surface area contributed by atoms with Gasteiger partial charge in [-0.3, -0.25) is 10.1 Å². The van der Waals surface area contributed by atoms with Gasteiger partial charge in [0.15, 0.2) is 0 Å². The molecule has 6 nitrogen and oxygen atoms in total. The molecule has 1 aliphatic heterocycles. The third kappa shape index (κ3) is 2.26. The van der Waals surface area contributed by atoms with Crippen LogP contribution in [0, 0.1) is 10.1 Å². The van der Waals surface area contributed by atoms with Gasteiger partial charge in [-0.15, -0.1) is 0 Å². The molecule has 0 atom stereocenters. The SMILES string of the molecule is O=C1OC(=O)c2ccccc2/C1=C/c1ccccc1[N+](=O)[O-]. The molecule has 0 spiro atoms. The van der Waals surface area contributed by atoms with E-state index in [1.54, 1.807) is 24.3 Å². The van der Waals surface area contributed by atoms with E-state index in [-0.39, 0.29) is 22.4 Å². The summed E-state index contributed by atoms with van der Waals surface area (Å²) in [6, 6.07) is 12.5. The Balaban J connectivity index is 2.20. The fraction of sp³-hybridized carbons (Fsp3) is 0. The molecular weight excluding hydrogens is 286 g/mol. The van der Waals surface area contributed by atoms with Crippen LogP contribution in [0.4, 0.5) is 5.69 Å². The number of nitrogens with zero attached hydrogens (tertiary/aromatic N) is 1. The fourth-order valence-corrected chi connectivity index (χ4v) is 2.27. The van der Waals surface area contributed by atoms with Crippen LogP contribution in [0.1, 0.15) is 21.5 Å². The molecule has 0 N–H and O–H groups in total. The number of esters is 2. The highest BCUT2D eigenvalue weighted by Crippen LogP contribution is 2.30. The third-order valence-electron chi connectivity index (χ3n) is 3.28. The fourth-order valence-electron chi connectivity index (χ4n) is 2.27. The monoisotopic (exact) mass is 295 g/mol. The maximum Gasteiger partial charge on any atom is 0.346 e. The average molecular weight is 295 g/mol. The van der Waals surface area contributed by atoms with Gasteiger partial charge in [-0.25, -0.2) is 9.59 Å².